The van der Waals surface area contributed by atoms with E-state index in [0.717, 1.165) is 13.8 Å². The zero-order chi connectivity index (χ0) is 8.43. The van der Waals surface area contributed by atoms with Gasteiger partial charge in [0.1, 0.15) is 5.75 Å². The summed E-state index contributed by atoms with van der Waals surface area (Å²) < 4.78 is 8.54. The predicted molar refractivity (Wildman–Crippen MR) is 66.1 cm³/mol. The normalized spacial score (nSPS) is 9.82. The molecule has 0 atom stereocenters. The molecule has 0 radical (unpaired) electrons. The quantitative estimate of drug-likeness (QED) is 0.480. The van der Waals surface area contributed by atoms with E-state index < -0.39 is 0 Å². The molecule has 0 saturated heterocycles. The van der Waals surface area contributed by atoms with Crippen LogP contribution in [0.25, 0.3) is 0 Å². The highest BCUT2D eigenvalue weighted by Gasteiger charge is 2.04. The zero-order valence-electron chi connectivity index (χ0n) is 5.70. The number of halogens is 3. The summed E-state index contributed by atoms with van der Waals surface area (Å²) in [6, 6.07) is 4.07. The second-order valence-corrected chi connectivity index (χ2v) is 5.08. The third-order valence-corrected chi connectivity index (χ3v) is 4.28. The van der Waals surface area contributed by atoms with E-state index >= 15 is 0 Å². The highest BCUT2D eigenvalue weighted by atomic mass is 127. The summed E-state index contributed by atoms with van der Waals surface area (Å²) in [5, 5.41) is 0. The molecule has 1 nitrogen and oxygen atoms in total. The molecule has 1 aromatic carbocycles. The van der Waals surface area contributed by atoms with Gasteiger partial charge in [-0.1, -0.05) is 0 Å². The van der Waals surface area contributed by atoms with Gasteiger partial charge in [0.15, 0.2) is 0 Å². The minimum atomic E-state index is 0.921. The van der Waals surface area contributed by atoms with Crippen molar-refractivity contribution in [3.63, 3.8) is 0 Å². The molecule has 1 aromatic rings. The molecule has 0 fully saturated rings. The van der Waals surface area contributed by atoms with E-state index in [9.17, 15) is 0 Å². The summed E-state index contributed by atoms with van der Waals surface area (Å²) in [4.78, 5) is 0. The van der Waals surface area contributed by atoms with Gasteiger partial charge in [0.25, 0.3) is 0 Å². The highest BCUT2D eigenvalue weighted by Crippen LogP contribution is 2.30. The van der Waals surface area contributed by atoms with Crippen LogP contribution < -0.4 is 4.74 Å². The maximum Gasteiger partial charge on any atom is 0.134 e. The molecule has 0 aliphatic rings. The maximum absolute atomic E-state index is 5.16. The Kier molecular flexibility index (Phi) is 3.90. The van der Waals surface area contributed by atoms with E-state index in [4.69, 9.17) is 4.74 Å². The fourth-order valence-electron chi connectivity index (χ4n) is 0.681. The van der Waals surface area contributed by atoms with Gasteiger partial charge < -0.3 is 4.74 Å². The van der Waals surface area contributed by atoms with Crippen LogP contribution in [0.1, 0.15) is 0 Å². The highest BCUT2D eigenvalue weighted by molar-refractivity contribution is 14.1. The molecule has 0 aliphatic heterocycles. The van der Waals surface area contributed by atoms with Gasteiger partial charge in [0, 0.05) is 8.04 Å². The van der Waals surface area contributed by atoms with E-state index in [1.807, 2.05) is 6.07 Å². The minimum absolute atomic E-state index is 0.921. The zero-order valence-corrected chi connectivity index (χ0v) is 11.6. The minimum Gasteiger partial charge on any atom is -0.496 e. The monoisotopic (exact) mass is 438 g/mol. The Bertz CT molecular complexity index is 275. The third-order valence-electron chi connectivity index (χ3n) is 1.18. The molecule has 0 bridgehead atoms. The molecule has 0 saturated carbocycles. The molecule has 11 heavy (non-hydrogen) atoms. The number of methoxy groups -OCH3 is 1. The summed E-state index contributed by atoms with van der Waals surface area (Å²) in [5.41, 5.74) is 0. The smallest absolute Gasteiger partial charge is 0.134 e. The van der Waals surface area contributed by atoms with Gasteiger partial charge in [-0.3, -0.25) is 0 Å². The lowest BCUT2D eigenvalue weighted by atomic mass is 10.3. The summed E-state index contributed by atoms with van der Waals surface area (Å²) in [6.07, 6.45) is 0. The van der Waals surface area contributed by atoms with Crippen LogP contribution >= 0.6 is 61.1 Å². The Hall–Kier alpha value is 0.960. The van der Waals surface area contributed by atoms with Crippen molar-refractivity contribution in [2.45, 2.75) is 0 Å². The fraction of sp³-hybridized carbons (Fsp3) is 0.143. The lowest BCUT2D eigenvalue weighted by Gasteiger charge is -2.04. The van der Waals surface area contributed by atoms with Crippen molar-refractivity contribution in [3.8, 4) is 5.75 Å². The molecule has 60 valence electrons. The maximum atomic E-state index is 5.16. The van der Waals surface area contributed by atoms with E-state index in [2.05, 4.69) is 67.2 Å². The van der Waals surface area contributed by atoms with Gasteiger partial charge in [-0.05, 0) is 73.2 Å². The molecule has 0 aliphatic carbocycles. The first-order valence-electron chi connectivity index (χ1n) is 2.83. The van der Waals surface area contributed by atoms with Crippen LogP contribution in [-0.2, 0) is 0 Å². The summed E-state index contributed by atoms with van der Waals surface area (Å²) >= 11 is 7.95. The number of hydrogen-bond donors (Lipinski definition) is 0. The average molecular weight is 439 g/mol. The van der Waals surface area contributed by atoms with Crippen LogP contribution in [0.3, 0.4) is 0 Å². The fourth-order valence-corrected chi connectivity index (χ4v) is 2.68. The Morgan fingerprint density at radius 3 is 2.55 bits per heavy atom. The van der Waals surface area contributed by atoms with Crippen molar-refractivity contribution in [2.75, 3.05) is 7.11 Å². The van der Waals surface area contributed by atoms with Crippen LogP contribution in [0.5, 0.6) is 5.75 Å². The van der Waals surface area contributed by atoms with Crippen molar-refractivity contribution in [1.29, 1.82) is 0 Å². The lowest BCUT2D eigenvalue weighted by molar-refractivity contribution is 0.411. The Morgan fingerprint density at radius 2 is 2.00 bits per heavy atom. The van der Waals surface area contributed by atoms with Gasteiger partial charge in [-0.2, -0.15) is 0 Å². The SMILES string of the molecule is COc1cc(I)cc(Br)c1I. The largest absolute Gasteiger partial charge is 0.496 e. The summed E-state index contributed by atoms with van der Waals surface area (Å²) in [7, 11) is 1.68. The molecule has 0 aromatic heterocycles. The van der Waals surface area contributed by atoms with Crippen LogP contribution in [-0.4, -0.2) is 7.11 Å². The standard InChI is InChI=1S/C7H5BrI2O/c1-11-6-3-4(9)2-5(8)7(6)10/h2-3H,1H3. The average Bonchev–Trinajstić information content (AvgIpc) is 1.96. The van der Waals surface area contributed by atoms with Gasteiger partial charge in [-0.25, -0.2) is 0 Å². The number of rotatable bonds is 1. The first kappa shape index (κ1) is 10.0. The molecule has 0 N–H and O–H groups in total. The number of ether oxygens (including phenoxy) is 1. The van der Waals surface area contributed by atoms with Gasteiger partial charge in [0.05, 0.1) is 10.7 Å². The Labute approximate surface area is 101 Å². The first-order valence-corrected chi connectivity index (χ1v) is 5.78. The molecule has 0 unspecified atom stereocenters. The van der Waals surface area contributed by atoms with Crippen LogP contribution in [0.2, 0.25) is 0 Å². The van der Waals surface area contributed by atoms with Crippen molar-refractivity contribution in [3.05, 3.63) is 23.7 Å². The second-order valence-electron chi connectivity index (χ2n) is 1.90. The van der Waals surface area contributed by atoms with Crippen molar-refractivity contribution in [1.82, 2.24) is 0 Å². The first-order chi connectivity index (χ1) is 5.15. The van der Waals surface area contributed by atoms with E-state index in [-0.39, 0.29) is 0 Å². The van der Waals surface area contributed by atoms with Gasteiger partial charge in [-0.15, -0.1) is 0 Å². The number of benzene rings is 1. The second kappa shape index (κ2) is 4.27. The topological polar surface area (TPSA) is 9.23 Å². The molecule has 0 amide bonds. The van der Waals surface area contributed by atoms with E-state index in [0.29, 0.717) is 0 Å². The predicted octanol–water partition coefficient (Wildman–Crippen LogP) is 3.67. The summed E-state index contributed by atoms with van der Waals surface area (Å²) in [5.74, 6) is 0.921. The van der Waals surface area contributed by atoms with Crippen molar-refractivity contribution >= 4 is 61.1 Å². The molecular formula is C7H5BrI2O. The van der Waals surface area contributed by atoms with Gasteiger partial charge >= 0.3 is 0 Å². The van der Waals surface area contributed by atoms with E-state index in [1.165, 1.54) is 3.57 Å². The summed E-state index contributed by atoms with van der Waals surface area (Å²) in [6.45, 7) is 0. The Morgan fingerprint density at radius 1 is 1.36 bits per heavy atom. The van der Waals surface area contributed by atoms with Crippen LogP contribution in [0.4, 0.5) is 0 Å². The van der Waals surface area contributed by atoms with Crippen molar-refractivity contribution in [2.24, 2.45) is 0 Å². The Balaban J connectivity index is 3.24. The molecule has 4 heteroatoms. The van der Waals surface area contributed by atoms with Crippen molar-refractivity contribution < 1.29 is 4.74 Å². The van der Waals surface area contributed by atoms with Gasteiger partial charge in [0.2, 0.25) is 0 Å². The molecule has 0 spiro atoms. The third kappa shape index (κ3) is 2.45. The number of hydrogen-bond acceptors (Lipinski definition) is 1. The molecule has 0 heterocycles. The van der Waals surface area contributed by atoms with Crippen LogP contribution in [0, 0.1) is 7.14 Å². The van der Waals surface area contributed by atoms with E-state index in [1.54, 1.807) is 7.11 Å². The van der Waals surface area contributed by atoms with Crippen LogP contribution in [0.15, 0.2) is 16.6 Å². The molecule has 1 rings (SSSR count). The lowest BCUT2D eigenvalue weighted by Crippen LogP contribution is -1.88. The molecular weight excluding hydrogens is 434 g/mol.